The number of para-hydroxylation sites is 1. The molecule has 3 aromatic rings. The summed E-state index contributed by atoms with van der Waals surface area (Å²) in [5.74, 6) is -0.662. The van der Waals surface area contributed by atoms with Crippen LogP contribution in [0.4, 0.5) is 5.82 Å². The zero-order valence-electron chi connectivity index (χ0n) is 15.8. The van der Waals surface area contributed by atoms with Crippen LogP contribution in [0.25, 0.3) is 11.2 Å². The van der Waals surface area contributed by atoms with E-state index in [0.29, 0.717) is 11.2 Å². The van der Waals surface area contributed by atoms with Crippen molar-refractivity contribution < 1.29 is 23.5 Å². The van der Waals surface area contributed by atoms with Crippen LogP contribution in [-0.2, 0) is 20.4 Å². The molecule has 0 saturated carbocycles. The molecule has 1 unspecified atom stereocenters. The predicted octanol–water partition coefficient (Wildman–Crippen LogP) is 2.06. The molecule has 12 heteroatoms. The first-order valence-corrected chi connectivity index (χ1v) is 10.3. The molecule has 0 saturated heterocycles. The molecule has 11 nitrogen and oxygen atoms in total. The second-order valence-corrected chi connectivity index (χ2v) is 7.98. The lowest BCUT2D eigenvalue weighted by molar-refractivity contribution is -0.138. The third kappa shape index (κ3) is 5.08. The van der Waals surface area contributed by atoms with Crippen molar-refractivity contribution in [3.8, 4) is 5.75 Å². The minimum atomic E-state index is -4.02. The standard InChI is InChI=1S/C17H21N6O5P/c1-11(8-23-10-21-14-15(18)19-9-20-16(14)23)27-29(26,22-12(2)17(24)25)28-13-6-4-3-5-7-13/h3-7,9-12H,8H2,1-2H3,(H,22,26)(H,24,25)(H2,18,19,20)/t11-,12+,29?/m1/s1. The van der Waals surface area contributed by atoms with Gasteiger partial charge in [-0.1, -0.05) is 18.2 Å². The first-order chi connectivity index (χ1) is 13.8. The largest absolute Gasteiger partial charge is 0.480 e. The Hall–Kier alpha value is -3.01. The van der Waals surface area contributed by atoms with Crippen LogP contribution in [0.1, 0.15) is 13.8 Å². The van der Waals surface area contributed by atoms with Crippen LogP contribution in [0.2, 0.25) is 0 Å². The maximum Gasteiger partial charge on any atom is 0.459 e. The summed E-state index contributed by atoms with van der Waals surface area (Å²) in [5.41, 5.74) is 6.73. The third-order valence-electron chi connectivity index (χ3n) is 3.89. The van der Waals surface area contributed by atoms with Gasteiger partial charge in [0.05, 0.1) is 19.0 Å². The SMILES string of the molecule is C[C@H](Cn1cnc2c(N)ncnc21)OP(=O)(N[C@@H](C)C(=O)O)Oc1ccccc1. The van der Waals surface area contributed by atoms with Gasteiger partial charge in [0.15, 0.2) is 11.5 Å². The van der Waals surface area contributed by atoms with Crippen molar-refractivity contribution in [2.24, 2.45) is 0 Å². The number of aromatic nitrogens is 4. The number of nitrogen functional groups attached to an aromatic ring is 1. The molecule has 154 valence electrons. The van der Waals surface area contributed by atoms with Gasteiger partial charge >= 0.3 is 13.7 Å². The van der Waals surface area contributed by atoms with E-state index in [2.05, 4.69) is 20.0 Å². The molecule has 0 aliphatic carbocycles. The second kappa shape index (κ2) is 8.56. The van der Waals surface area contributed by atoms with E-state index < -0.39 is 25.9 Å². The summed E-state index contributed by atoms with van der Waals surface area (Å²) < 4.78 is 26.1. The number of carboxylic acids is 1. The molecule has 1 aromatic carbocycles. The number of anilines is 1. The van der Waals surface area contributed by atoms with E-state index in [1.807, 2.05) is 0 Å². The summed E-state index contributed by atoms with van der Waals surface area (Å²) in [7, 11) is -4.02. The monoisotopic (exact) mass is 420 g/mol. The number of rotatable bonds is 9. The quantitative estimate of drug-likeness (QED) is 0.438. The maximum absolute atomic E-state index is 13.3. The molecule has 2 aromatic heterocycles. The maximum atomic E-state index is 13.3. The molecular formula is C17H21N6O5P. The highest BCUT2D eigenvalue weighted by molar-refractivity contribution is 7.52. The molecule has 0 amide bonds. The van der Waals surface area contributed by atoms with Gasteiger partial charge < -0.3 is 19.9 Å². The predicted molar refractivity (Wildman–Crippen MR) is 105 cm³/mol. The van der Waals surface area contributed by atoms with E-state index >= 15 is 0 Å². The number of carboxylic acid groups (broad SMARTS) is 1. The molecule has 0 aliphatic heterocycles. The van der Waals surface area contributed by atoms with Crippen LogP contribution in [0, 0.1) is 0 Å². The normalized spacial score (nSPS) is 15.5. The number of imidazole rings is 1. The lowest BCUT2D eigenvalue weighted by atomic mass is 10.3. The molecule has 0 radical (unpaired) electrons. The number of nitrogens with one attached hydrogen (secondary N) is 1. The number of carbonyl (C=O) groups is 1. The molecule has 0 bridgehead atoms. The Balaban J connectivity index is 1.79. The summed E-state index contributed by atoms with van der Waals surface area (Å²) in [4.78, 5) is 23.4. The number of hydrogen-bond donors (Lipinski definition) is 3. The summed E-state index contributed by atoms with van der Waals surface area (Å²) in [5, 5.41) is 11.6. The number of benzene rings is 1. The van der Waals surface area contributed by atoms with Gasteiger partial charge in [0.25, 0.3) is 0 Å². The van der Waals surface area contributed by atoms with Gasteiger partial charge in [-0.3, -0.25) is 9.32 Å². The Labute approximate surface area is 166 Å². The van der Waals surface area contributed by atoms with Crippen LogP contribution in [0.3, 0.4) is 0 Å². The first kappa shape index (κ1) is 20.7. The molecule has 0 fully saturated rings. The number of aliphatic carboxylic acids is 1. The zero-order valence-corrected chi connectivity index (χ0v) is 16.7. The molecule has 3 atom stereocenters. The van der Waals surface area contributed by atoms with Gasteiger partial charge in [0.2, 0.25) is 0 Å². The summed E-state index contributed by atoms with van der Waals surface area (Å²) >= 11 is 0. The Kier molecular flexibility index (Phi) is 6.12. The van der Waals surface area contributed by atoms with Gasteiger partial charge in [-0.15, -0.1) is 0 Å². The van der Waals surface area contributed by atoms with Gasteiger partial charge in [-0.25, -0.2) is 19.5 Å². The average Bonchev–Trinajstić information content (AvgIpc) is 3.06. The van der Waals surface area contributed by atoms with E-state index in [1.54, 1.807) is 41.8 Å². The average molecular weight is 420 g/mol. The first-order valence-electron chi connectivity index (χ1n) is 8.72. The minimum Gasteiger partial charge on any atom is -0.480 e. The highest BCUT2D eigenvalue weighted by Gasteiger charge is 2.33. The molecule has 0 aliphatic rings. The molecular weight excluding hydrogens is 399 g/mol. The zero-order chi connectivity index (χ0) is 21.0. The Morgan fingerprint density at radius 3 is 2.69 bits per heavy atom. The molecule has 4 N–H and O–H groups in total. The van der Waals surface area contributed by atoms with E-state index in [0.717, 1.165) is 0 Å². The summed E-state index contributed by atoms with van der Waals surface area (Å²) in [6.07, 6.45) is 2.19. The van der Waals surface area contributed by atoms with Crippen molar-refractivity contribution in [1.82, 2.24) is 24.6 Å². The number of nitrogens with two attached hydrogens (primary N) is 1. The van der Waals surface area contributed by atoms with Crippen LogP contribution >= 0.6 is 7.75 Å². The lowest BCUT2D eigenvalue weighted by Crippen LogP contribution is -2.34. The Bertz CT molecular complexity index is 1040. The highest BCUT2D eigenvalue weighted by Crippen LogP contribution is 2.46. The van der Waals surface area contributed by atoms with Gasteiger partial charge in [-0.05, 0) is 26.0 Å². The Morgan fingerprint density at radius 2 is 2.00 bits per heavy atom. The minimum absolute atomic E-state index is 0.220. The second-order valence-electron chi connectivity index (χ2n) is 6.33. The number of nitrogens with zero attached hydrogens (tertiary/aromatic N) is 4. The Morgan fingerprint density at radius 1 is 1.28 bits per heavy atom. The van der Waals surface area contributed by atoms with Crippen LogP contribution < -0.4 is 15.3 Å². The van der Waals surface area contributed by atoms with E-state index in [-0.39, 0.29) is 18.1 Å². The van der Waals surface area contributed by atoms with Crippen molar-refractivity contribution in [3.63, 3.8) is 0 Å². The topological polar surface area (TPSA) is 154 Å². The van der Waals surface area contributed by atoms with Crippen molar-refractivity contribution in [2.45, 2.75) is 32.5 Å². The summed E-state index contributed by atoms with van der Waals surface area (Å²) in [6, 6.07) is 7.20. The van der Waals surface area contributed by atoms with Crippen LogP contribution in [0.15, 0.2) is 43.0 Å². The molecule has 3 rings (SSSR count). The van der Waals surface area contributed by atoms with Crippen molar-refractivity contribution in [3.05, 3.63) is 43.0 Å². The van der Waals surface area contributed by atoms with E-state index in [4.69, 9.17) is 19.9 Å². The summed E-state index contributed by atoms with van der Waals surface area (Å²) in [6.45, 7) is 3.24. The fourth-order valence-corrected chi connectivity index (χ4v) is 4.25. The van der Waals surface area contributed by atoms with Crippen molar-refractivity contribution in [2.75, 3.05) is 5.73 Å². The van der Waals surface area contributed by atoms with Crippen molar-refractivity contribution in [1.29, 1.82) is 0 Å². The van der Waals surface area contributed by atoms with Crippen LogP contribution in [-0.4, -0.2) is 42.7 Å². The number of hydrogen-bond acceptors (Lipinski definition) is 8. The van der Waals surface area contributed by atoms with Crippen molar-refractivity contribution >= 4 is 30.7 Å². The fraction of sp³-hybridized carbons (Fsp3) is 0.294. The molecule has 2 heterocycles. The smallest absolute Gasteiger partial charge is 0.459 e. The van der Waals surface area contributed by atoms with Gasteiger partial charge in [-0.2, -0.15) is 5.09 Å². The lowest BCUT2D eigenvalue weighted by Gasteiger charge is -2.25. The van der Waals surface area contributed by atoms with E-state index in [9.17, 15) is 9.36 Å². The third-order valence-corrected chi connectivity index (χ3v) is 5.69. The molecule has 29 heavy (non-hydrogen) atoms. The van der Waals surface area contributed by atoms with Crippen LogP contribution in [0.5, 0.6) is 5.75 Å². The highest BCUT2D eigenvalue weighted by atomic mass is 31.2. The molecule has 0 spiro atoms. The van der Waals surface area contributed by atoms with E-state index in [1.165, 1.54) is 19.6 Å². The van der Waals surface area contributed by atoms with Gasteiger partial charge in [0.1, 0.15) is 23.6 Å². The fourth-order valence-electron chi connectivity index (χ4n) is 2.57. The van der Waals surface area contributed by atoms with Gasteiger partial charge in [0, 0.05) is 0 Å². The number of fused-ring (bicyclic) bond motifs is 1.